The van der Waals surface area contributed by atoms with Crippen LogP contribution in [0, 0.1) is 6.92 Å². The molecule has 1 atom stereocenters. The summed E-state index contributed by atoms with van der Waals surface area (Å²) in [6.45, 7) is 5.88. The van der Waals surface area contributed by atoms with Crippen molar-refractivity contribution in [2.45, 2.75) is 25.8 Å². The average molecular weight is 279 g/mol. The quantitative estimate of drug-likeness (QED) is 0.788. The zero-order valence-electron chi connectivity index (χ0n) is 11.2. The molecule has 2 heterocycles. The number of rotatable bonds is 1. The molecule has 4 heteroatoms. The van der Waals surface area contributed by atoms with Gasteiger partial charge in [0.15, 0.2) is 0 Å². The number of benzene rings is 1. The summed E-state index contributed by atoms with van der Waals surface area (Å²) < 4.78 is 0. The van der Waals surface area contributed by atoms with Gasteiger partial charge in [-0.05, 0) is 50.1 Å². The molecule has 0 saturated carbocycles. The summed E-state index contributed by atoms with van der Waals surface area (Å²) in [6, 6.07) is 6.12. The van der Waals surface area contributed by atoms with Gasteiger partial charge in [0.25, 0.3) is 5.91 Å². The van der Waals surface area contributed by atoms with E-state index < -0.39 is 0 Å². The lowest BCUT2D eigenvalue weighted by molar-refractivity contribution is 0.0571. The molecule has 102 valence electrons. The van der Waals surface area contributed by atoms with E-state index in [2.05, 4.69) is 4.90 Å². The van der Waals surface area contributed by atoms with Gasteiger partial charge in [0.05, 0.1) is 0 Å². The Hall–Kier alpha value is -1.06. The van der Waals surface area contributed by atoms with Gasteiger partial charge < -0.3 is 4.90 Å². The normalized spacial score (nSPS) is 23.5. The van der Waals surface area contributed by atoms with E-state index in [0.717, 1.165) is 35.8 Å². The largest absolute Gasteiger partial charge is 0.336 e. The summed E-state index contributed by atoms with van der Waals surface area (Å²) in [4.78, 5) is 17.0. The molecule has 0 aliphatic carbocycles. The fourth-order valence-corrected chi connectivity index (χ4v) is 3.25. The van der Waals surface area contributed by atoms with Gasteiger partial charge in [-0.25, -0.2) is 0 Å². The maximum atomic E-state index is 12.5. The molecular formula is C15H19ClN2O. The molecule has 3 rings (SSSR count). The van der Waals surface area contributed by atoms with Crippen molar-refractivity contribution < 1.29 is 4.79 Å². The number of piperazine rings is 1. The maximum Gasteiger partial charge on any atom is 0.253 e. The van der Waals surface area contributed by atoms with Crippen molar-refractivity contribution in [3.8, 4) is 0 Å². The van der Waals surface area contributed by atoms with Crippen LogP contribution in [-0.2, 0) is 0 Å². The van der Waals surface area contributed by atoms with Crippen LogP contribution in [0.3, 0.4) is 0 Å². The van der Waals surface area contributed by atoms with Crippen LogP contribution >= 0.6 is 11.6 Å². The number of hydrogen-bond acceptors (Lipinski definition) is 2. The Morgan fingerprint density at radius 1 is 1.32 bits per heavy atom. The van der Waals surface area contributed by atoms with E-state index in [0.29, 0.717) is 6.04 Å². The Morgan fingerprint density at radius 2 is 2.16 bits per heavy atom. The Balaban J connectivity index is 1.74. The van der Waals surface area contributed by atoms with Gasteiger partial charge in [-0.1, -0.05) is 11.6 Å². The number of hydrogen-bond donors (Lipinski definition) is 0. The Labute approximate surface area is 119 Å². The smallest absolute Gasteiger partial charge is 0.253 e. The monoisotopic (exact) mass is 278 g/mol. The Kier molecular flexibility index (Phi) is 3.50. The summed E-state index contributed by atoms with van der Waals surface area (Å²) in [7, 11) is 0. The summed E-state index contributed by atoms with van der Waals surface area (Å²) in [5.41, 5.74) is 1.72. The van der Waals surface area contributed by atoms with Crippen LogP contribution < -0.4 is 0 Å². The molecule has 0 aromatic heterocycles. The van der Waals surface area contributed by atoms with Gasteiger partial charge in [0.2, 0.25) is 0 Å². The van der Waals surface area contributed by atoms with Crippen LogP contribution in [0.2, 0.25) is 5.02 Å². The fraction of sp³-hybridized carbons (Fsp3) is 0.533. The molecule has 19 heavy (non-hydrogen) atoms. The number of fused-ring (bicyclic) bond motifs is 1. The lowest BCUT2D eigenvalue weighted by atomic mass is 10.1. The van der Waals surface area contributed by atoms with Crippen LogP contribution in [-0.4, -0.2) is 47.9 Å². The Bertz CT molecular complexity index is 503. The van der Waals surface area contributed by atoms with Crippen LogP contribution in [0.4, 0.5) is 0 Å². The number of carbonyl (C=O) groups excluding carboxylic acids is 1. The van der Waals surface area contributed by atoms with Crippen molar-refractivity contribution in [3.63, 3.8) is 0 Å². The molecule has 0 unspecified atom stereocenters. The first-order valence-corrected chi connectivity index (χ1v) is 7.32. The predicted molar refractivity (Wildman–Crippen MR) is 76.7 cm³/mol. The van der Waals surface area contributed by atoms with Crippen molar-refractivity contribution in [2.75, 3.05) is 26.2 Å². The summed E-state index contributed by atoms with van der Waals surface area (Å²) in [5.74, 6) is 0.145. The average Bonchev–Trinajstić information content (AvgIpc) is 2.88. The third-order valence-electron chi connectivity index (χ3n) is 4.28. The fourth-order valence-electron chi connectivity index (χ4n) is 3.14. The molecule has 2 fully saturated rings. The van der Waals surface area contributed by atoms with Crippen molar-refractivity contribution in [2.24, 2.45) is 0 Å². The highest BCUT2D eigenvalue weighted by atomic mass is 35.5. The first-order valence-electron chi connectivity index (χ1n) is 6.94. The topological polar surface area (TPSA) is 23.6 Å². The number of aryl methyl sites for hydroxylation is 1. The van der Waals surface area contributed by atoms with E-state index in [1.807, 2.05) is 30.0 Å². The van der Waals surface area contributed by atoms with Crippen molar-refractivity contribution >= 4 is 17.5 Å². The molecule has 0 spiro atoms. The van der Waals surface area contributed by atoms with E-state index >= 15 is 0 Å². The first-order chi connectivity index (χ1) is 9.15. The minimum Gasteiger partial charge on any atom is -0.336 e. The van der Waals surface area contributed by atoms with E-state index in [-0.39, 0.29) is 5.91 Å². The summed E-state index contributed by atoms with van der Waals surface area (Å²) in [5, 5.41) is 0.720. The minimum atomic E-state index is 0.145. The molecular weight excluding hydrogens is 260 g/mol. The van der Waals surface area contributed by atoms with Gasteiger partial charge >= 0.3 is 0 Å². The lowest BCUT2D eigenvalue weighted by Crippen LogP contribution is -2.52. The highest BCUT2D eigenvalue weighted by Crippen LogP contribution is 2.23. The molecule has 0 radical (unpaired) electrons. The standard InChI is InChI=1S/C15H19ClN2O/c1-11-9-12(4-5-14(11)16)15(19)18-8-7-17-6-2-3-13(17)10-18/h4-5,9,13H,2-3,6-8,10H2,1H3/t13-/m1/s1. The molecule has 2 aliphatic heterocycles. The minimum absolute atomic E-state index is 0.145. The molecule has 2 aliphatic rings. The van der Waals surface area contributed by atoms with Gasteiger partial charge in [0.1, 0.15) is 0 Å². The number of amides is 1. The maximum absolute atomic E-state index is 12.5. The molecule has 1 aromatic carbocycles. The Morgan fingerprint density at radius 3 is 2.95 bits per heavy atom. The number of halogens is 1. The zero-order chi connectivity index (χ0) is 13.4. The second kappa shape index (κ2) is 5.14. The highest BCUT2D eigenvalue weighted by molar-refractivity contribution is 6.31. The van der Waals surface area contributed by atoms with E-state index in [1.165, 1.54) is 19.4 Å². The summed E-state index contributed by atoms with van der Waals surface area (Å²) in [6.07, 6.45) is 2.50. The third-order valence-corrected chi connectivity index (χ3v) is 4.70. The van der Waals surface area contributed by atoms with Crippen LogP contribution in [0.5, 0.6) is 0 Å². The van der Waals surface area contributed by atoms with Crippen molar-refractivity contribution in [1.82, 2.24) is 9.80 Å². The molecule has 1 amide bonds. The van der Waals surface area contributed by atoms with E-state index in [1.54, 1.807) is 0 Å². The van der Waals surface area contributed by atoms with Gasteiger partial charge in [-0.3, -0.25) is 9.69 Å². The lowest BCUT2D eigenvalue weighted by Gasteiger charge is -2.37. The predicted octanol–water partition coefficient (Wildman–Crippen LogP) is 2.57. The first kappa shape index (κ1) is 12.9. The van der Waals surface area contributed by atoms with Gasteiger partial charge in [-0.2, -0.15) is 0 Å². The zero-order valence-corrected chi connectivity index (χ0v) is 12.0. The van der Waals surface area contributed by atoms with Crippen LogP contribution in [0.1, 0.15) is 28.8 Å². The third kappa shape index (κ3) is 2.49. The van der Waals surface area contributed by atoms with Gasteiger partial charge in [0, 0.05) is 36.3 Å². The number of carbonyl (C=O) groups is 1. The van der Waals surface area contributed by atoms with Crippen molar-refractivity contribution in [3.05, 3.63) is 34.3 Å². The molecule has 1 aromatic rings. The molecule has 3 nitrogen and oxygen atoms in total. The SMILES string of the molecule is Cc1cc(C(=O)N2CCN3CCC[C@@H]3C2)ccc1Cl. The van der Waals surface area contributed by atoms with Crippen LogP contribution in [0.15, 0.2) is 18.2 Å². The number of nitrogens with zero attached hydrogens (tertiary/aromatic N) is 2. The highest BCUT2D eigenvalue weighted by Gasteiger charge is 2.32. The van der Waals surface area contributed by atoms with Crippen molar-refractivity contribution in [1.29, 1.82) is 0 Å². The molecule has 2 saturated heterocycles. The van der Waals surface area contributed by atoms with E-state index in [4.69, 9.17) is 11.6 Å². The molecule has 0 N–H and O–H groups in total. The molecule has 0 bridgehead atoms. The second-order valence-corrected chi connectivity index (χ2v) is 5.95. The summed E-state index contributed by atoms with van der Waals surface area (Å²) >= 11 is 6.01. The second-order valence-electron chi connectivity index (χ2n) is 5.55. The van der Waals surface area contributed by atoms with E-state index in [9.17, 15) is 4.79 Å². The van der Waals surface area contributed by atoms with Gasteiger partial charge in [-0.15, -0.1) is 0 Å². The van der Waals surface area contributed by atoms with Crippen LogP contribution in [0.25, 0.3) is 0 Å².